The molecular formula is C53H41N3. The molecule has 0 saturated carbocycles. The summed E-state index contributed by atoms with van der Waals surface area (Å²) < 4.78 is 0. The smallest absolute Gasteiger partial charge is 0.164 e. The third kappa shape index (κ3) is 5.22. The number of aromatic nitrogens is 3. The molecule has 3 heteroatoms. The lowest BCUT2D eigenvalue weighted by atomic mass is 9.82. The van der Waals surface area contributed by atoms with Gasteiger partial charge in [0, 0.05) is 16.7 Å². The Balaban J connectivity index is 1.30. The fraction of sp³-hybridized carbons (Fsp3) is 0.113. The zero-order chi connectivity index (χ0) is 38.2. The molecule has 268 valence electrons. The molecule has 8 aromatic carbocycles. The first-order chi connectivity index (χ1) is 27.3. The fourth-order valence-corrected chi connectivity index (χ4v) is 9.59. The second kappa shape index (κ2) is 13.0. The highest BCUT2D eigenvalue weighted by atomic mass is 15.0. The summed E-state index contributed by atoms with van der Waals surface area (Å²) in [7, 11) is 0. The zero-order valence-corrected chi connectivity index (χ0v) is 32.6. The van der Waals surface area contributed by atoms with Gasteiger partial charge in [-0.15, -0.1) is 0 Å². The van der Waals surface area contributed by atoms with Gasteiger partial charge in [-0.05, 0) is 136 Å². The van der Waals surface area contributed by atoms with E-state index in [1.54, 1.807) is 0 Å². The molecule has 0 saturated heterocycles. The van der Waals surface area contributed by atoms with Crippen molar-refractivity contribution in [2.45, 2.75) is 41.5 Å². The lowest BCUT2D eigenvalue weighted by Crippen LogP contribution is -2.04. The SMILES string of the molecule is Cc1cc(C)c(-c2nc(-c3c(C)cc(C)cc3C)nc(-c3ccc4c5c(cccc35)-c3c-4c(-c4ccccc4)c4ccccc4c3-c3ccccc3)n2)c(C)c1. The minimum absolute atomic E-state index is 0.681. The highest BCUT2D eigenvalue weighted by molar-refractivity contribution is 6.28. The lowest BCUT2D eigenvalue weighted by molar-refractivity contribution is 1.06. The van der Waals surface area contributed by atoms with Crippen LogP contribution in [0.3, 0.4) is 0 Å². The van der Waals surface area contributed by atoms with E-state index in [0.29, 0.717) is 17.5 Å². The van der Waals surface area contributed by atoms with Crippen LogP contribution >= 0.6 is 0 Å². The molecule has 1 aromatic heterocycles. The average Bonchev–Trinajstić information content (AvgIpc) is 3.51. The molecule has 0 radical (unpaired) electrons. The minimum atomic E-state index is 0.681. The quantitative estimate of drug-likeness (QED) is 0.178. The van der Waals surface area contributed by atoms with Crippen LogP contribution in [0, 0.1) is 41.5 Å². The first-order valence-electron chi connectivity index (χ1n) is 19.5. The van der Waals surface area contributed by atoms with Gasteiger partial charge < -0.3 is 0 Å². The van der Waals surface area contributed by atoms with Crippen molar-refractivity contribution in [3.63, 3.8) is 0 Å². The topological polar surface area (TPSA) is 38.7 Å². The van der Waals surface area contributed by atoms with Crippen molar-refractivity contribution in [3.05, 3.63) is 173 Å². The third-order valence-corrected chi connectivity index (χ3v) is 11.6. The van der Waals surface area contributed by atoms with E-state index in [1.807, 2.05) is 0 Å². The molecule has 0 aliphatic heterocycles. The number of nitrogens with zero attached hydrogens (tertiary/aromatic N) is 3. The maximum atomic E-state index is 5.36. The first-order valence-corrected chi connectivity index (χ1v) is 19.5. The summed E-state index contributed by atoms with van der Waals surface area (Å²) in [6, 6.07) is 50.9. The molecule has 0 fully saturated rings. The van der Waals surface area contributed by atoms with Crippen LogP contribution in [0.1, 0.15) is 33.4 Å². The van der Waals surface area contributed by atoms with Gasteiger partial charge in [0.1, 0.15) is 0 Å². The second-order valence-electron chi connectivity index (χ2n) is 15.5. The summed E-state index contributed by atoms with van der Waals surface area (Å²) in [6.45, 7) is 12.9. The van der Waals surface area contributed by atoms with E-state index in [1.165, 1.54) is 71.8 Å². The fourth-order valence-electron chi connectivity index (χ4n) is 9.59. The van der Waals surface area contributed by atoms with Gasteiger partial charge in [0.15, 0.2) is 17.5 Å². The predicted octanol–water partition coefficient (Wildman–Crippen LogP) is 14.0. The average molecular weight is 720 g/mol. The minimum Gasteiger partial charge on any atom is -0.208 e. The summed E-state index contributed by atoms with van der Waals surface area (Å²) >= 11 is 0. The first kappa shape index (κ1) is 33.8. The van der Waals surface area contributed by atoms with Gasteiger partial charge in [0.2, 0.25) is 0 Å². The summed E-state index contributed by atoms with van der Waals surface area (Å²) in [4.78, 5) is 16.0. The lowest BCUT2D eigenvalue weighted by Gasteiger charge is -2.20. The number of aryl methyl sites for hydroxylation is 6. The van der Waals surface area contributed by atoms with E-state index < -0.39 is 0 Å². The van der Waals surface area contributed by atoms with Crippen molar-refractivity contribution in [2.24, 2.45) is 0 Å². The van der Waals surface area contributed by atoms with Crippen molar-refractivity contribution in [1.29, 1.82) is 0 Å². The maximum absolute atomic E-state index is 5.36. The molecule has 0 unspecified atom stereocenters. The Morgan fingerprint density at radius 2 is 0.696 bits per heavy atom. The van der Waals surface area contributed by atoms with E-state index in [2.05, 4.69) is 181 Å². The van der Waals surface area contributed by atoms with Gasteiger partial charge in [-0.1, -0.05) is 145 Å². The van der Waals surface area contributed by atoms with Crippen LogP contribution in [0.2, 0.25) is 0 Å². The number of rotatable bonds is 5. The van der Waals surface area contributed by atoms with Crippen molar-refractivity contribution >= 4 is 21.5 Å². The van der Waals surface area contributed by atoms with E-state index in [9.17, 15) is 0 Å². The van der Waals surface area contributed by atoms with Gasteiger partial charge in [-0.25, -0.2) is 15.0 Å². The van der Waals surface area contributed by atoms with E-state index in [0.717, 1.165) is 44.3 Å². The largest absolute Gasteiger partial charge is 0.208 e. The Morgan fingerprint density at radius 3 is 1.18 bits per heavy atom. The third-order valence-electron chi connectivity index (χ3n) is 11.6. The van der Waals surface area contributed by atoms with E-state index in [4.69, 9.17) is 15.0 Å². The number of hydrogen-bond acceptors (Lipinski definition) is 3. The summed E-state index contributed by atoms with van der Waals surface area (Å²) in [6.07, 6.45) is 0. The summed E-state index contributed by atoms with van der Waals surface area (Å²) in [5, 5.41) is 4.87. The Kier molecular flexibility index (Phi) is 7.83. The van der Waals surface area contributed by atoms with Crippen molar-refractivity contribution in [3.8, 4) is 78.7 Å². The van der Waals surface area contributed by atoms with Gasteiger partial charge in [-0.2, -0.15) is 0 Å². The Bertz CT molecular complexity index is 2850. The van der Waals surface area contributed by atoms with Gasteiger partial charge in [-0.3, -0.25) is 0 Å². The number of hydrogen-bond donors (Lipinski definition) is 0. The standard InChI is InChI=1S/C53H41N3/c1-30-26-32(3)44(33(4)27-30)52-54-51(55-53(56-52)45-34(5)28-31(2)29-35(45)6)41-24-25-43-48-40(41)22-15-23-42(48)49-46(36-16-9-7-10-17-36)38-20-13-14-21-39(38)47(50(43)49)37-18-11-8-12-19-37/h7-29H,1-6H3. The Morgan fingerprint density at radius 1 is 0.304 bits per heavy atom. The van der Waals surface area contributed by atoms with E-state index in [-0.39, 0.29) is 0 Å². The van der Waals surface area contributed by atoms with Crippen LogP contribution in [0.4, 0.5) is 0 Å². The molecule has 0 amide bonds. The van der Waals surface area contributed by atoms with E-state index >= 15 is 0 Å². The molecule has 0 bridgehead atoms. The van der Waals surface area contributed by atoms with Crippen molar-refractivity contribution < 1.29 is 0 Å². The molecule has 9 aromatic rings. The van der Waals surface area contributed by atoms with Crippen molar-refractivity contribution in [2.75, 3.05) is 0 Å². The van der Waals surface area contributed by atoms with Crippen molar-refractivity contribution in [1.82, 2.24) is 15.0 Å². The molecule has 56 heavy (non-hydrogen) atoms. The highest BCUT2D eigenvalue weighted by Gasteiger charge is 2.31. The van der Waals surface area contributed by atoms with Crippen LogP contribution in [0.15, 0.2) is 140 Å². The summed E-state index contributed by atoms with van der Waals surface area (Å²) in [5.74, 6) is 2.09. The van der Waals surface area contributed by atoms with Gasteiger partial charge in [0.05, 0.1) is 0 Å². The Labute approximate surface area is 328 Å². The van der Waals surface area contributed by atoms with Gasteiger partial charge >= 0.3 is 0 Å². The molecule has 0 N–H and O–H groups in total. The van der Waals surface area contributed by atoms with Crippen LogP contribution in [-0.2, 0) is 0 Å². The van der Waals surface area contributed by atoms with Crippen LogP contribution in [0.25, 0.3) is 100 Å². The molecule has 1 aliphatic rings. The molecule has 3 nitrogen and oxygen atoms in total. The molecule has 0 atom stereocenters. The molecular weight excluding hydrogens is 679 g/mol. The summed E-state index contributed by atoms with van der Waals surface area (Å²) in [5.41, 5.74) is 20.2. The predicted molar refractivity (Wildman–Crippen MR) is 235 cm³/mol. The molecule has 10 rings (SSSR count). The van der Waals surface area contributed by atoms with Gasteiger partial charge in [0.25, 0.3) is 0 Å². The normalized spacial score (nSPS) is 11.8. The monoisotopic (exact) mass is 719 g/mol. The maximum Gasteiger partial charge on any atom is 0.164 e. The Hall–Kier alpha value is -6.71. The van der Waals surface area contributed by atoms with Crippen LogP contribution < -0.4 is 0 Å². The van der Waals surface area contributed by atoms with Crippen LogP contribution in [-0.4, -0.2) is 15.0 Å². The number of fused-ring (bicyclic) bond motifs is 4. The number of benzene rings is 8. The zero-order valence-electron chi connectivity index (χ0n) is 32.6. The molecule has 0 spiro atoms. The highest BCUT2D eigenvalue weighted by Crippen LogP contribution is 2.58. The molecule has 1 aliphatic carbocycles. The molecule has 1 heterocycles. The second-order valence-corrected chi connectivity index (χ2v) is 15.5. The van der Waals surface area contributed by atoms with Crippen LogP contribution in [0.5, 0.6) is 0 Å².